The maximum atomic E-state index is 13.1. The Kier molecular flexibility index (Phi) is 5.63. The fourth-order valence-electron chi connectivity index (χ4n) is 5.26. The Hall–Kier alpha value is -1.88. The number of epoxide rings is 1. The number of nitrogens with zero attached hydrogens (tertiary/aromatic N) is 1. The molecular formula is C24H31NO8. The van der Waals surface area contributed by atoms with Crippen LogP contribution in [0.15, 0.2) is 30.3 Å². The molecule has 4 heterocycles. The summed E-state index contributed by atoms with van der Waals surface area (Å²) in [6.45, 7) is 7.52. The highest BCUT2D eigenvalue weighted by Gasteiger charge is 2.65. The molecule has 0 radical (unpaired) electrons. The summed E-state index contributed by atoms with van der Waals surface area (Å²) >= 11 is 0. The summed E-state index contributed by atoms with van der Waals surface area (Å²) in [5.41, 5.74) is 1.03. The second kappa shape index (κ2) is 8.11. The standard InChI is InChI=1S/C24H31NO8/c1-23(2)29-12-15(31-23)19-18(32-24(3,4)33-19)14(11-26)25-16(21(28-5)22(25)27)20-17(30-20)13-9-7-6-8-10-13/h6-11,14-21H,12H2,1-5H3/t14-,15-,16+,17?,18-,19+,20-,21-/m1/s1. The van der Waals surface area contributed by atoms with Crippen molar-refractivity contribution < 1.29 is 38.0 Å². The Morgan fingerprint density at radius 1 is 1.06 bits per heavy atom. The Bertz CT molecular complexity index is 905. The zero-order chi connectivity index (χ0) is 23.5. The van der Waals surface area contributed by atoms with Crippen LogP contribution in [0.2, 0.25) is 0 Å². The Balaban J connectivity index is 1.39. The molecule has 0 aliphatic carbocycles. The minimum absolute atomic E-state index is 0.155. The van der Waals surface area contributed by atoms with Crippen molar-refractivity contribution in [2.75, 3.05) is 13.7 Å². The van der Waals surface area contributed by atoms with Gasteiger partial charge in [0.2, 0.25) is 0 Å². The van der Waals surface area contributed by atoms with Gasteiger partial charge in [0.05, 0.1) is 12.6 Å². The number of aldehydes is 1. The molecule has 0 spiro atoms. The van der Waals surface area contributed by atoms with Crippen LogP contribution in [-0.2, 0) is 38.0 Å². The van der Waals surface area contributed by atoms with Gasteiger partial charge < -0.3 is 38.1 Å². The molecule has 0 aromatic heterocycles. The average molecular weight is 462 g/mol. The monoisotopic (exact) mass is 461 g/mol. The van der Waals surface area contributed by atoms with Crippen LogP contribution >= 0.6 is 0 Å². The van der Waals surface area contributed by atoms with Gasteiger partial charge in [-0.1, -0.05) is 30.3 Å². The van der Waals surface area contributed by atoms with E-state index in [1.165, 1.54) is 12.0 Å². The highest BCUT2D eigenvalue weighted by molar-refractivity contribution is 5.91. The van der Waals surface area contributed by atoms with Crippen LogP contribution in [0, 0.1) is 0 Å². The van der Waals surface area contributed by atoms with E-state index < -0.39 is 48.1 Å². The number of β-lactam (4-membered cyclic amide) rings is 1. The van der Waals surface area contributed by atoms with Gasteiger partial charge in [-0.25, -0.2) is 0 Å². The third kappa shape index (κ3) is 4.00. The summed E-state index contributed by atoms with van der Waals surface area (Å²) < 4.78 is 35.5. The Morgan fingerprint density at radius 3 is 2.39 bits per heavy atom. The lowest BCUT2D eigenvalue weighted by molar-refractivity contribution is -0.188. The largest absolute Gasteiger partial charge is 0.369 e. The fraction of sp³-hybridized carbons (Fsp3) is 0.667. The summed E-state index contributed by atoms with van der Waals surface area (Å²) in [4.78, 5) is 27.0. The third-order valence-electron chi connectivity index (χ3n) is 6.73. The Labute approximate surface area is 193 Å². The van der Waals surface area contributed by atoms with E-state index in [0.29, 0.717) is 6.61 Å². The molecule has 4 saturated heterocycles. The quantitative estimate of drug-likeness (QED) is 0.343. The highest BCUT2D eigenvalue weighted by Crippen LogP contribution is 2.48. The molecule has 9 heteroatoms. The summed E-state index contributed by atoms with van der Waals surface area (Å²) in [7, 11) is 1.50. The molecule has 0 N–H and O–H groups in total. The number of hydrogen-bond acceptors (Lipinski definition) is 8. The molecule has 1 amide bonds. The number of rotatable bonds is 7. The van der Waals surface area contributed by atoms with Gasteiger partial charge in [-0.05, 0) is 33.3 Å². The van der Waals surface area contributed by atoms with Crippen LogP contribution in [0.3, 0.4) is 0 Å². The van der Waals surface area contributed by atoms with E-state index in [-0.39, 0.29) is 18.1 Å². The zero-order valence-corrected chi connectivity index (χ0v) is 19.5. The molecule has 0 bridgehead atoms. The van der Waals surface area contributed by atoms with Crippen LogP contribution in [0.1, 0.15) is 39.4 Å². The summed E-state index contributed by atoms with van der Waals surface area (Å²) in [5.74, 6) is -1.97. The van der Waals surface area contributed by atoms with Gasteiger partial charge >= 0.3 is 0 Å². The molecule has 4 aliphatic heterocycles. The van der Waals surface area contributed by atoms with Crippen LogP contribution in [0.25, 0.3) is 0 Å². The van der Waals surface area contributed by atoms with E-state index in [2.05, 4.69) is 0 Å². The maximum absolute atomic E-state index is 13.1. The molecule has 33 heavy (non-hydrogen) atoms. The zero-order valence-electron chi connectivity index (χ0n) is 19.5. The van der Waals surface area contributed by atoms with Crippen molar-refractivity contribution in [2.45, 2.75) is 88.0 Å². The molecule has 5 rings (SSSR count). The minimum Gasteiger partial charge on any atom is -0.369 e. The normalized spacial score (nSPS) is 39.8. The first kappa shape index (κ1) is 22.9. The van der Waals surface area contributed by atoms with Crippen LogP contribution in [0.4, 0.5) is 0 Å². The molecule has 1 aromatic rings. The molecule has 1 unspecified atom stereocenters. The number of hydrogen-bond donors (Lipinski definition) is 0. The van der Waals surface area contributed by atoms with Crippen LogP contribution < -0.4 is 0 Å². The fourth-order valence-corrected chi connectivity index (χ4v) is 5.26. The van der Waals surface area contributed by atoms with Crippen molar-refractivity contribution in [3.05, 3.63) is 35.9 Å². The molecule has 4 aliphatic rings. The molecule has 0 saturated carbocycles. The van der Waals surface area contributed by atoms with Crippen molar-refractivity contribution in [2.24, 2.45) is 0 Å². The van der Waals surface area contributed by atoms with E-state index in [1.54, 1.807) is 13.8 Å². The molecule has 180 valence electrons. The van der Waals surface area contributed by atoms with Crippen molar-refractivity contribution >= 4 is 12.2 Å². The first-order valence-electron chi connectivity index (χ1n) is 11.3. The topological polar surface area (TPSA) is 96.1 Å². The minimum atomic E-state index is -0.945. The summed E-state index contributed by atoms with van der Waals surface area (Å²) in [6.07, 6.45) is -2.09. The number of benzene rings is 1. The van der Waals surface area contributed by atoms with Crippen molar-refractivity contribution in [3.8, 4) is 0 Å². The van der Waals surface area contributed by atoms with Gasteiger partial charge in [0, 0.05) is 7.11 Å². The SMILES string of the molecule is CO[C@H]1C(=O)N([C@H](C=O)[C@H]2OC(C)(C)O[C@H]2[C@H]2COC(C)(C)O2)[C@H]1[C@H]1OC1c1ccccc1. The smallest absolute Gasteiger partial charge is 0.255 e. The number of methoxy groups -OCH3 is 1. The van der Waals surface area contributed by atoms with Crippen molar-refractivity contribution in [1.82, 2.24) is 4.90 Å². The number of carbonyl (C=O) groups is 2. The second-order valence-corrected chi connectivity index (χ2v) is 9.88. The predicted octanol–water partition coefficient (Wildman–Crippen LogP) is 1.59. The number of ether oxygens (including phenoxy) is 6. The second-order valence-electron chi connectivity index (χ2n) is 9.88. The first-order chi connectivity index (χ1) is 15.7. The van der Waals surface area contributed by atoms with Gasteiger partial charge in [-0.2, -0.15) is 0 Å². The van der Waals surface area contributed by atoms with Crippen molar-refractivity contribution in [3.63, 3.8) is 0 Å². The lowest BCUT2D eigenvalue weighted by Gasteiger charge is -2.49. The van der Waals surface area contributed by atoms with E-state index in [4.69, 9.17) is 28.4 Å². The van der Waals surface area contributed by atoms with Crippen LogP contribution in [-0.4, -0.2) is 85.0 Å². The summed E-state index contributed by atoms with van der Waals surface area (Å²) in [5, 5.41) is 0. The van der Waals surface area contributed by atoms with E-state index >= 15 is 0 Å². The predicted molar refractivity (Wildman–Crippen MR) is 114 cm³/mol. The van der Waals surface area contributed by atoms with E-state index in [0.717, 1.165) is 11.8 Å². The van der Waals surface area contributed by atoms with Crippen LogP contribution in [0.5, 0.6) is 0 Å². The molecule has 9 nitrogen and oxygen atoms in total. The van der Waals surface area contributed by atoms with Gasteiger partial charge in [-0.3, -0.25) is 4.79 Å². The third-order valence-corrected chi connectivity index (χ3v) is 6.73. The lowest BCUT2D eigenvalue weighted by Crippen LogP contribution is -2.73. The number of likely N-dealkylation sites (tertiary alicyclic amines) is 1. The summed E-state index contributed by atoms with van der Waals surface area (Å²) in [6, 6.07) is 8.51. The highest BCUT2D eigenvalue weighted by atomic mass is 16.8. The Morgan fingerprint density at radius 2 is 1.79 bits per heavy atom. The molecule has 1 aromatic carbocycles. The van der Waals surface area contributed by atoms with Gasteiger partial charge in [0.15, 0.2) is 17.7 Å². The first-order valence-corrected chi connectivity index (χ1v) is 11.3. The molecular weight excluding hydrogens is 430 g/mol. The number of amides is 1. The maximum Gasteiger partial charge on any atom is 0.255 e. The lowest BCUT2D eigenvalue weighted by atomic mass is 9.87. The number of carbonyl (C=O) groups excluding carboxylic acids is 2. The van der Waals surface area contributed by atoms with Gasteiger partial charge in [-0.15, -0.1) is 0 Å². The van der Waals surface area contributed by atoms with Gasteiger partial charge in [0.25, 0.3) is 5.91 Å². The van der Waals surface area contributed by atoms with E-state index in [9.17, 15) is 9.59 Å². The van der Waals surface area contributed by atoms with Gasteiger partial charge in [0.1, 0.15) is 42.8 Å². The average Bonchev–Trinajstić information content (AvgIpc) is 3.37. The molecule has 4 fully saturated rings. The van der Waals surface area contributed by atoms with E-state index in [1.807, 2.05) is 44.2 Å². The molecule has 8 atom stereocenters. The van der Waals surface area contributed by atoms with Crippen molar-refractivity contribution in [1.29, 1.82) is 0 Å².